The first-order chi connectivity index (χ1) is 16.0. The van der Waals surface area contributed by atoms with Crippen molar-refractivity contribution >= 4 is 12.6 Å². The highest BCUT2D eigenvalue weighted by atomic mass is 32.1. The van der Waals surface area contributed by atoms with Crippen LogP contribution in [0, 0.1) is 62.3 Å². The van der Waals surface area contributed by atoms with Crippen LogP contribution >= 0.6 is 12.6 Å². The molecule has 0 saturated carbocycles. The highest BCUT2D eigenvalue weighted by Crippen LogP contribution is 2.15. The Hall–Kier alpha value is -2.77. The summed E-state index contributed by atoms with van der Waals surface area (Å²) < 4.78 is 0. The lowest BCUT2D eigenvalue weighted by Gasteiger charge is -2.00. The molecule has 180 valence electrons. The second-order valence-electron chi connectivity index (χ2n) is 9.05. The molecule has 0 aliphatic rings. The summed E-state index contributed by atoms with van der Waals surface area (Å²) in [5.41, 5.74) is 12.1. The Bertz CT molecular complexity index is 1100. The van der Waals surface area contributed by atoms with Crippen LogP contribution in [0.3, 0.4) is 0 Å². The smallest absolute Gasteiger partial charge is 0.00718 e. The van der Waals surface area contributed by atoms with E-state index in [0.29, 0.717) is 0 Å². The second-order valence-corrected chi connectivity index (χ2v) is 9.53. The van der Waals surface area contributed by atoms with E-state index in [4.69, 9.17) is 0 Å². The van der Waals surface area contributed by atoms with Crippen LogP contribution in [0.1, 0.15) is 50.1 Å². The van der Waals surface area contributed by atoms with Gasteiger partial charge in [-0.3, -0.25) is 0 Å². The van der Waals surface area contributed by atoms with Crippen molar-refractivity contribution in [2.45, 2.75) is 67.2 Å². The highest BCUT2D eigenvalue weighted by Gasteiger charge is 1.93. The largest absolute Gasteiger partial charge is 0.143 e. The van der Waals surface area contributed by atoms with Gasteiger partial charge in [-0.2, -0.15) is 0 Å². The van der Waals surface area contributed by atoms with Crippen molar-refractivity contribution in [3.05, 3.63) is 135 Å². The zero-order chi connectivity index (χ0) is 25.7. The molecule has 4 rings (SSSR count). The third-order valence-electron chi connectivity index (χ3n) is 5.84. The fourth-order valence-electron chi connectivity index (χ4n) is 3.10. The molecule has 0 N–H and O–H groups in total. The van der Waals surface area contributed by atoms with Gasteiger partial charge in [-0.25, -0.2) is 0 Å². The molecule has 0 bridgehead atoms. The zero-order valence-electron chi connectivity index (χ0n) is 22.5. The molecular formula is C33H42S. The summed E-state index contributed by atoms with van der Waals surface area (Å²) in [5.74, 6) is 0. The number of rotatable bonds is 0. The predicted octanol–water partition coefficient (Wildman–Crippen LogP) is 9.81. The van der Waals surface area contributed by atoms with Crippen molar-refractivity contribution in [2.24, 2.45) is 0 Å². The fourth-order valence-corrected chi connectivity index (χ4v) is 3.36. The Kier molecular flexibility index (Phi) is 13.1. The average Bonchev–Trinajstić information content (AvgIpc) is 2.78. The van der Waals surface area contributed by atoms with Crippen molar-refractivity contribution in [2.75, 3.05) is 0 Å². The molecule has 0 heterocycles. The van der Waals surface area contributed by atoms with Gasteiger partial charge in [-0.15, -0.1) is 12.6 Å². The van der Waals surface area contributed by atoms with Crippen LogP contribution in [0.4, 0.5) is 0 Å². The van der Waals surface area contributed by atoms with E-state index < -0.39 is 0 Å². The Labute approximate surface area is 214 Å². The van der Waals surface area contributed by atoms with Crippen LogP contribution in [0.2, 0.25) is 0 Å². The number of thiol groups is 1. The summed E-state index contributed by atoms with van der Waals surface area (Å²) in [6, 6.07) is 29.4. The summed E-state index contributed by atoms with van der Waals surface area (Å²) in [4.78, 5) is 1.08. The molecule has 4 aromatic carbocycles. The van der Waals surface area contributed by atoms with Gasteiger partial charge < -0.3 is 0 Å². The van der Waals surface area contributed by atoms with Gasteiger partial charge in [0, 0.05) is 4.90 Å². The van der Waals surface area contributed by atoms with E-state index in [9.17, 15) is 0 Å². The van der Waals surface area contributed by atoms with Crippen molar-refractivity contribution in [1.29, 1.82) is 0 Å². The van der Waals surface area contributed by atoms with E-state index in [1.807, 2.05) is 12.1 Å². The lowest BCUT2D eigenvalue weighted by Crippen LogP contribution is -1.79. The van der Waals surface area contributed by atoms with Crippen LogP contribution in [-0.2, 0) is 0 Å². The molecular weight excluding hydrogens is 428 g/mol. The van der Waals surface area contributed by atoms with Gasteiger partial charge in [-0.05, 0) is 102 Å². The van der Waals surface area contributed by atoms with E-state index in [1.165, 1.54) is 50.1 Å². The summed E-state index contributed by atoms with van der Waals surface area (Å²) in [7, 11) is 0. The fraction of sp³-hybridized carbons (Fsp3) is 0.273. The average molecular weight is 471 g/mol. The Morgan fingerprint density at radius 3 is 1.18 bits per heavy atom. The molecule has 0 atom stereocenters. The van der Waals surface area contributed by atoms with Crippen LogP contribution < -0.4 is 0 Å². The molecule has 4 aromatic rings. The molecule has 1 heteroatoms. The third kappa shape index (κ3) is 11.4. The summed E-state index contributed by atoms with van der Waals surface area (Å²) in [5, 5.41) is 0. The van der Waals surface area contributed by atoms with E-state index in [1.54, 1.807) is 0 Å². The maximum Gasteiger partial charge on any atom is 0.00718 e. The SMILES string of the molecule is Cc1ccc(C)c(C)c1.Cc1cccc(C)c1.Cc1cccc(S)c1C.Cc1ccccc1C. The third-order valence-corrected chi connectivity index (χ3v) is 6.32. The van der Waals surface area contributed by atoms with Crippen LogP contribution in [0.5, 0.6) is 0 Å². The molecule has 0 aromatic heterocycles. The molecule has 0 aliphatic heterocycles. The van der Waals surface area contributed by atoms with E-state index in [-0.39, 0.29) is 0 Å². The first kappa shape index (κ1) is 29.3. The molecule has 0 nitrogen and oxygen atoms in total. The molecule has 0 aliphatic carbocycles. The lowest BCUT2D eigenvalue weighted by molar-refractivity contribution is 1.24. The Morgan fingerprint density at radius 2 is 0.824 bits per heavy atom. The van der Waals surface area contributed by atoms with Gasteiger partial charge in [0.05, 0.1) is 0 Å². The second kappa shape index (κ2) is 15.2. The minimum Gasteiger partial charge on any atom is -0.143 e. The van der Waals surface area contributed by atoms with Gasteiger partial charge in [0.25, 0.3) is 0 Å². The van der Waals surface area contributed by atoms with Crippen molar-refractivity contribution in [3.63, 3.8) is 0 Å². The normalized spacial score (nSPS) is 9.47. The van der Waals surface area contributed by atoms with E-state index >= 15 is 0 Å². The van der Waals surface area contributed by atoms with Gasteiger partial charge in [0.1, 0.15) is 0 Å². The molecule has 0 radical (unpaired) electrons. The standard InChI is InChI=1S/C9H12.C8H10S.2C8H10/c1-7-4-5-8(2)9(3)6-7;1-6-4-3-5-8(9)7(6)2;1-7-4-3-5-8(2)6-7;1-7-5-3-4-6-8(7)2/h4-6H,1-3H3;3-5,9H,1-2H3;2*3-6H,1-2H3. The number of hydrogen-bond acceptors (Lipinski definition) is 1. The molecule has 34 heavy (non-hydrogen) atoms. The summed E-state index contributed by atoms with van der Waals surface area (Å²) in [6.07, 6.45) is 0. The van der Waals surface area contributed by atoms with Crippen LogP contribution in [0.25, 0.3) is 0 Å². The summed E-state index contributed by atoms with van der Waals surface area (Å²) in [6.45, 7) is 19.0. The van der Waals surface area contributed by atoms with Crippen molar-refractivity contribution in [3.8, 4) is 0 Å². The predicted molar refractivity (Wildman–Crippen MR) is 156 cm³/mol. The minimum absolute atomic E-state index is 1.08. The molecule has 0 spiro atoms. The minimum atomic E-state index is 1.08. The maximum atomic E-state index is 4.27. The van der Waals surface area contributed by atoms with Crippen molar-refractivity contribution in [1.82, 2.24) is 0 Å². The highest BCUT2D eigenvalue weighted by molar-refractivity contribution is 7.80. The molecule has 0 amide bonds. The Morgan fingerprint density at radius 1 is 0.382 bits per heavy atom. The summed E-state index contributed by atoms with van der Waals surface area (Å²) >= 11 is 4.27. The quantitative estimate of drug-likeness (QED) is 0.243. The number of hydrogen-bond donors (Lipinski definition) is 1. The first-order valence-corrected chi connectivity index (χ1v) is 12.3. The monoisotopic (exact) mass is 470 g/mol. The number of aryl methyl sites for hydroxylation is 8. The van der Waals surface area contributed by atoms with Gasteiger partial charge in [0.15, 0.2) is 0 Å². The topological polar surface area (TPSA) is 0 Å². The number of benzene rings is 4. The maximum absolute atomic E-state index is 4.27. The van der Waals surface area contributed by atoms with Gasteiger partial charge in [0.2, 0.25) is 0 Å². The van der Waals surface area contributed by atoms with Crippen molar-refractivity contribution < 1.29 is 0 Å². The van der Waals surface area contributed by atoms with Gasteiger partial charge >= 0.3 is 0 Å². The van der Waals surface area contributed by atoms with Gasteiger partial charge in [-0.1, -0.05) is 95.6 Å². The van der Waals surface area contributed by atoms with E-state index in [0.717, 1.165) is 4.90 Å². The molecule has 0 unspecified atom stereocenters. The lowest BCUT2D eigenvalue weighted by atomic mass is 10.1. The molecule has 0 saturated heterocycles. The first-order valence-electron chi connectivity index (χ1n) is 11.9. The van der Waals surface area contributed by atoms with Crippen LogP contribution in [0.15, 0.2) is 89.8 Å². The van der Waals surface area contributed by atoms with E-state index in [2.05, 4.69) is 148 Å². The molecule has 0 fully saturated rings. The van der Waals surface area contributed by atoms with Crippen LogP contribution in [-0.4, -0.2) is 0 Å². The zero-order valence-corrected chi connectivity index (χ0v) is 23.4. The Balaban J connectivity index is 0.000000227.